The number of hydrogen-bond acceptors (Lipinski definition) is 4. The SMILES string of the molecule is COC(=O)c1ccc(CNC(=O)NC2CC(C)(C)NC(C)(C)C2)cc1. The normalized spacial score (nSPS) is 19.1. The second-order valence-corrected chi connectivity index (χ2v) is 8.01. The highest BCUT2D eigenvalue weighted by atomic mass is 16.5. The highest BCUT2D eigenvalue weighted by Crippen LogP contribution is 2.28. The van der Waals surface area contributed by atoms with Crippen molar-refractivity contribution in [2.75, 3.05) is 7.11 Å². The van der Waals surface area contributed by atoms with Crippen molar-refractivity contribution in [1.82, 2.24) is 16.0 Å². The molecule has 0 spiro atoms. The van der Waals surface area contributed by atoms with E-state index in [9.17, 15) is 9.59 Å². The summed E-state index contributed by atoms with van der Waals surface area (Å²) in [5.41, 5.74) is 1.40. The predicted octanol–water partition coefficient (Wildman–Crippen LogP) is 2.58. The molecular formula is C19H29N3O3. The molecule has 1 fully saturated rings. The van der Waals surface area contributed by atoms with Crippen molar-refractivity contribution in [3.63, 3.8) is 0 Å². The minimum absolute atomic E-state index is 0.0105. The molecule has 6 heteroatoms. The van der Waals surface area contributed by atoms with Crippen LogP contribution in [-0.4, -0.2) is 36.2 Å². The van der Waals surface area contributed by atoms with Gasteiger partial charge >= 0.3 is 12.0 Å². The summed E-state index contributed by atoms with van der Waals surface area (Å²) in [4.78, 5) is 23.6. The lowest BCUT2D eigenvalue weighted by molar-refractivity contribution is 0.0600. The van der Waals surface area contributed by atoms with Crippen LogP contribution in [0.3, 0.4) is 0 Å². The van der Waals surface area contributed by atoms with Crippen LogP contribution in [0.4, 0.5) is 4.79 Å². The molecule has 2 amide bonds. The van der Waals surface area contributed by atoms with Gasteiger partial charge in [0.15, 0.2) is 0 Å². The second kappa shape index (κ2) is 7.44. The molecule has 0 aromatic heterocycles. The van der Waals surface area contributed by atoms with E-state index in [4.69, 9.17) is 0 Å². The fraction of sp³-hybridized carbons (Fsp3) is 0.579. The predicted molar refractivity (Wildman–Crippen MR) is 97.5 cm³/mol. The quantitative estimate of drug-likeness (QED) is 0.732. The van der Waals surface area contributed by atoms with Crippen molar-refractivity contribution >= 4 is 12.0 Å². The first-order valence-corrected chi connectivity index (χ1v) is 8.61. The van der Waals surface area contributed by atoms with E-state index in [0.29, 0.717) is 12.1 Å². The number of urea groups is 1. The first kappa shape index (κ1) is 19.2. The maximum Gasteiger partial charge on any atom is 0.337 e. The maximum absolute atomic E-state index is 12.2. The molecule has 0 aliphatic carbocycles. The van der Waals surface area contributed by atoms with Crippen molar-refractivity contribution in [1.29, 1.82) is 0 Å². The van der Waals surface area contributed by atoms with Crippen LogP contribution in [-0.2, 0) is 11.3 Å². The number of piperidine rings is 1. The summed E-state index contributed by atoms with van der Waals surface area (Å²) >= 11 is 0. The Kier molecular flexibility index (Phi) is 5.72. The van der Waals surface area contributed by atoms with Gasteiger partial charge in [-0.05, 0) is 58.2 Å². The molecular weight excluding hydrogens is 318 g/mol. The molecule has 1 heterocycles. The third-order valence-corrected chi connectivity index (χ3v) is 4.35. The molecule has 0 unspecified atom stereocenters. The molecule has 0 saturated carbocycles. The molecule has 25 heavy (non-hydrogen) atoms. The van der Waals surface area contributed by atoms with Gasteiger partial charge in [0.25, 0.3) is 0 Å². The number of hydrogen-bond donors (Lipinski definition) is 3. The zero-order chi connectivity index (χ0) is 18.7. The summed E-state index contributed by atoms with van der Waals surface area (Å²) in [6, 6.07) is 6.97. The Bertz CT molecular complexity index is 607. The number of methoxy groups -OCH3 is 1. The monoisotopic (exact) mass is 347 g/mol. The molecule has 1 saturated heterocycles. The number of ether oxygens (including phenoxy) is 1. The van der Waals surface area contributed by atoms with Gasteiger partial charge in [-0.1, -0.05) is 12.1 Å². The third-order valence-electron chi connectivity index (χ3n) is 4.35. The van der Waals surface area contributed by atoms with E-state index >= 15 is 0 Å². The molecule has 1 aromatic carbocycles. The lowest BCUT2D eigenvalue weighted by Crippen LogP contribution is -2.62. The van der Waals surface area contributed by atoms with Gasteiger partial charge in [0, 0.05) is 23.7 Å². The summed E-state index contributed by atoms with van der Waals surface area (Å²) in [5.74, 6) is -0.367. The Morgan fingerprint density at radius 1 is 1.12 bits per heavy atom. The van der Waals surface area contributed by atoms with Crippen molar-refractivity contribution in [3.8, 4) is 0 Å². The molecule has 2 rings (SSSR count). The number of amides is 2. The number of benzene rings is 1. The number of carbonyl (C=O) groups excluding carboxylic acids is 2. The number of nitrogens with one attached hydrogen (secondary N) is 3. The zero-order valence-corrected chi connectivity index (χ0v) is 15.7. The van der Waals surface area contributed by atoms with Crippen LogP contribution in [0.25, 0.3) is 0 Å². The standard InChI is InChI=1S/C19H29N3O3/c1-18(2)10-15(11-19(3,4)22-18)21-17(24)20-12-13-6-8-14(9-7-13)16(23)25-5/h6-9,15,22H,10-12H2,1-5H3,(H2,20,21,24). The van der Waals surface area contributed by atoms with Gasteiger partial charge in [-0.3, -0.25) is 0 Å². The smallest absolute Gasteiger partial charge is 0.337 e. The first-order chi connectivity index (χ1) is 11.6. The minimum Gasteiger partial charge on any atom is -0.465 e. The fourth-order valence-corrected chi connectivity index (χ4v) is 3.72. The van der Waals surface area contributed by atoms with Crippen molar-refractivity contribution in [2.24, 2.45) is 0 Å². The van der Waals surface area contributed by atoms with Gasteiger partial charge < -0.3 is 20.7 Å². The molecule has 6 nitrogen and oxygen atoms in total. The Morgan fingerprint density at radius 3 is 2.20 bits per heavy atom. The third kappa shape index (κ3) is 5.74. The van der Waals surface area contributed by atoms with Crippen LogP contribution in [0.2, 0.25) is 0 Å². The van der Waals surface area contributed by atoms with E-state index in [0.717, 1.165) is 18.4 Å². The summed E-state index contributed by atoms with van der Waals surface area (Å²) in [5, 5.41) is 9.55. The van der Waals surface area contributed by atoms with Crippen molar-refractivity contribution in [2.45, 2.75) is 64.2 Å². The topological polar surface area (TPSA) is 79.5 Å². The summed E-state index contributed by atoms with van der Waals surface area (Å²) < 4.78 is 4.67. The van der Waals surface area contributed by atoms with E-state index in [1.165, 1.54) is 7.11 Å². The lowest BCUT2D eigenvalue weighted by atomic mass is 9.80. The average Bonchev–Trinajstić information content (AvgIpc) is 2.49. The summed E-state index contributed by atoms with van der Waals surface area (Å²) in [6.07, 6.45) is 1.77. The van der Waals surface area contributed by atoms with Crippen LogP contribution < -0.4 is 16.0 Å². The van der Waals surface area contributed by atoms with Gasteiger partial charge in [0.05, 0.1) is 12.7 Å². The Labute approximate surface area is 149 Å². The Balaban J connectivity index is 1.85. The van der Waals surface area contributed by atoms with E-state index < -0.39 is 0 Å². The maximum atomic E-state index is 12.2. The molecule has 138 valence electrons. The van der Waals surface area contributed by atoms with Gasteiger partial charge in [0.2, 0.25) is 0 Å². The molecule has 1 aliphatic rings. The summed E-state index contributed by atoms with van der Waals surface area (Å²) in [7, 11) is 1.35. The van der Waals surface area contributed by atoms with Crippen LogP contribution in [0, 0.1) is 0 Å². The van der Waals surface area contributed by atoms with E-state index in [1.54, 1.807) is 12.1 Å². The summed E-state index contributed by atoms with van der Waals surface area (Å²) in [6.45, 7) is 9.03. The van der Waals surface area contributed by atoms with Crippen LogP contribution >= 0.6 is 0 Å². The lowest BCUT2D eigenvalue weighted by Gasteiger charge is -2.46. The Morgan fingerprint density at radius 2 is 1.68 bits per heavy atom. The highest BCUT2D eigenvalue weighted by molar-refractivity contribution is 5.89. The number of rotatable bonds is 4. The first-order valence-electron chi connectivity index (χ1n) is 8.61. The number of carbonyl (C=O) groups is 2. The largest absolute Gasteiger partial charge is 0.465 e. The van der Waals surface area contributed by atoms with Gasteiger partial charge in [-0.25, -0.2) is 9.59 Å². The van der Waals surface area contributed by atoms with Gasteiger partial charge in [-0.2, -0.15) is 0 Å². The van der Waals surface area contributed by atoms with Crippen molar-refractivity contribution < 1.29 is 14.3 Å². The highest BCUT2D eigenvalue weighted by Gasteiger charge is 2.38. The molecule has 1 aliphatic heterocycles. The second-order valence-electron chi connectivity index (χ2n) is 8.01. The van der Waals surface area contributed by atoms with Crippen molar-refractivity contribution in [3.05, 3.63) is 35.4 Å². The van der Waals surface area contributed by atoms with E-state index in [2.05, 4.69) is 48.4 Å². The molecule has 3 N–H and O–H groups in total. The van der Waals surface area contributed by atoms with E-state index in [-0.39, 0.29) is 29.1 Å². The number of esters is 1. The minimum atomic E-state index is -0.367. The zero-order valence-electron chi connectivity index (χ0n) is 15.7. The fourth-order valence-electron chi connectivity index (χ4n) is 3.72. The van der Waals surface area contributed by atoms with Crippen LogP contribution in [0.15, 0.2) is 24.3 Å². The van der Waals surface area contributed by atoms with Crippen LogP contribution in [0.1, 0.15) is 56.5 Å². The molecule has 0 bridgehead atoms. The molecule has 1 aromatic rings. The average molecular weight is 347 g/mol. The van der Waals surface area contributed by atoms with Gasteiger partial charge in [-0.15, -0.1) is 0 Å². The van der Waals surface area contributed by atoms with E-state index in [1.807, 2.05) is 12.1 Å². The molecule has 0 atom stereocenters. The Hall–Kier alpha value is -2.08. The van der Waals surface area contributed by atoms with Gasteiger partial charge in [0.1, 0.15) is 0 Å². The van der Waals surface area contributed by atoms with Crippen LogP contribution in [0.5, 0.6) is 0 Å². The molecule has 0 radical (unpaired) electrons.